The molecule has 1 aromatic heterocycles. The Labute approximate surface area is 118 Å². The second kappa shape index (κ2) is 5.79. The fourth-order valence-electron chi connectivity index (χ4n) is 1.62. The van der Waals surface area contributed by atoms with Gasteiger partial charge in [0.05, 0.1) is 10.5 Å². The first-order valence-corrected chi connectivity index (χ1v) is 6.35. The molecule has 19 heavy (non-hydrogen) atoms. The number of hydrogen-bond donors (Lipinski definition) is 0. The zero-order valence-electron chi connectivity index (χ0n) is 10.2. The normalized spacial score (nSPS) is 10.2. The van der Waals surface area contributed by atoms with Crippen LogP contribution in [0, 0.1) is 17.0 Å². The van der Waals surface area contributed by atoms with Crippen molar-refractivity contribution >= 4 is 21.6 Å². The van der Waals surface area contributed by atoms with Crippen LogP contribution < -0.4 is 4.74 Å². The maximum Gasteiger partial charge on any atom is 0.277 e. The van der Waals surface area contributed by atoms with Crippen LogP contribution in [0.1, 0.15) is 11.1 Å². The Morgan fingerprint density at radius 2 is 2.16 bits per heavy atom. The van der Waals surface area contributed by atoms with Crippen molar-refractivity contribution in [3.8, 4) is 5.88 Å². The molecule has 0 N–H and O–H groups in total. The van der Waals surface area contributed by atoms with Gasteiger partial charge in [0.1, 0.15) is 6.61 Å². The van der Waals surface area contributed by atoms with E-state index in [2.05, 4.69) is 20.9 Å². The monoisotopic (exact) mass is 322 g/mol. The Hall–Kier alpha value is -1.95. The number of halogens is 1. The lowest BCUT2D eigenvalue weighted by Crippen LogP contribution is -2.03. The van der Waals surface area contributed by atoms with Gasteiger partial charge in [-0.2, -0.15) is 0 Å². The van der Waals surface area contributed by atoms with E-state index in [1.807, 2.05) is 19.1 Å². The molecule has 0 spiro atoms. The minimum atomic E-state index is -0.422. The molecule has 0 bridgehead atoms. The van der Waals surface area contributed by atoms with Gasteiger partial charge < -0.3 is 4.74 Å². The molecule has 2 aromatic rings. The Kier molecular flexibility index (Phi) is 4.11. The number of nitro groups is 1. The molecule has 6 heteroatoms. The van der Waals surface area contributed by atoms with Gasteiger partial charge >= 0.3 is 0 Å². The van der Waals surface area contributed by atoms with E-state index in [0.29, 0.717) is 15.9 Å². The van der Waals surface area contributed by atoms with Crippen molar-refractivity contribution in [1.29, 1.82) is 0 Å². The van der Waals surface area contributed by atoms with Gasteiger partial charge in [-0.05, 0) is 19.1 Å². The van der Waals surface area contributed by atoms with E-state index in [9.17, 15) is 10.1 Å². The summed E-state index contributed by atoms with van der Waals surface area (Å²) in [6.07, 6.45) is 1.62. The summed E-state index contributed by atoms with van der Waals surface area (Å²) in [5.74, 6) is 0.479. The van der Waals surface area contributed by atoms with Crippen molar-refractivity contribution in [3.63, 3.8) is 0 Å². The topological polar surface area (TPSA) is 65.3 Å². The molecule has 2 rings (SSSR count). The average Bonchev–Trinajstić information content (AvgIpc) is 2.38. The number of hydrogen-bond acceptors (Lipinski definition) is 4. The molecule has 0 unspecified atom stereocenters. The minimum absolute atomic E-state index is 0.0305. The molecule has 0 saturated heterocycles. The molecule has 0 aliphatic heterocycles. The standard InChI is InChI=1S/C13H11BrN2O3/c1-9-4-3-7-15-13(9)19-8-10-11(14)5-2-6-12(10)16(17)18/h2-7H,8H2,1H3. The number of aryl methyl sites for hydroxylation is 1. The third-order valence-corrected chi connectivity index (χ3v) is 3.35. The summed E-state index contributed by atoms with van der Waals surface area (Å²) in [4.78, 5) is 14.6. The predicted molar refractivity (Wildman–Crippen MR) is 74.1 cm³/mol. The summed E-state index contributed by atoms with van der Waals surface area (Å²) in [5, 5.41) is 11.0. The number of ether oxygens (including phenoxy) is 1. The van der Waals surface area contributed by atoms with Crippen molar-refractivity contribution in [2.45, 2.75) is 13.5 Å². The van der Waals surface area contributed by atoms with Crippen LogP contribution in [-0.4, -0.2) is 9.91 Å². The Morgan fingerprint density at radius 3 is 2.84 bits per heavy atom. The van der Waals surface area contributed by atoms with Gasteiger partial charge in [-0.3, -0.25) is 10.1 Å². The lowest BCUT2D eigenvalue weighted by molar-refractivity contribution is -0.385. The summed E-state index contributed by atoms with van der Waals surface area (Å²) in [6.45, 7) is 1.96. The van der Waals surface area contributed by atoms with Crippen molar-refractivity contribution in [3.05, 3.63) is 62.2 Å². The van der Waals surface area contributed by atoms with Gasteiger partial charge in [0, 0.05) is 22.3 Å². The maximum absolute atomic E-state index is 11.0. The molecule has 0 saturated carbocycles. The molecule has 5 nitrogen and oxygen atoms in total. The van der Waals surface area contributed by atoms with Crippen LogP contribution in [-0.2, 0) is 6.61 Å². The lowest BCUT2D eigenvalue weighted by Gasteiger charge is -2.09. The highest BCUT2D eigenvalue weighted by Crippen LogP contribution is 2.28. The van der Waals surface area contributed by atoms with Crippen molar-refractivity contribution in [2.75, 3.05) is 0 Å². The van der Waals surface area contributed by atoms with E-state index in [1.165, 1.54) is 6.07 Å². The van der Waals surface area contributed by atoms with Gasteiger partial charge in [0.2, 0.25) is 5.88 Å². The number of nitrogens with zero attached hydrogens (tertiary/aromatic N) is 2. The minimum Gasteiger partial charge on any atom is -0.472 e. The zero-order valence-corrected chi connectivity index (χ0v) is 11.8. The molecule has 1 aromatic carbocycles. The van der Waals surface area contributed by atoms with Crippen molar-refractivity contribution in [2.24, 2.45) is 0 Å². The molecule has 1 heterocycles. The van der Waals surface area contributed by atoms with Crippen LogP contribution in [0.5, 0.6) is 5.88 Å². The first-order chi connectivity index (χ1) is 9.09. The van der Waals surface area contributed by atoms with E-state index >= 15 is 0 Å². The van der Waals surface area contributed by atoms with Gasteiger partial charge in [0.25, 0.3) is 5.69 Å². The molecule has 98 valence electrons. The SMILES string of the molecule is Cc1cccnc1OCc1c(Br)cccc1[N+](=O)[O-]. The Morgan fingerprint density at radius 1 is 1.37 bits per heavy atom. The molecule has 0 aliphatic rings. The Bertz CT molecular complexity index is 617. The first kappa shape index (κ1) is 13.5. The zero-order chi connectivity index (χ0) is 13.8. The van der Waals surface area contributed by atoms with E-state index in [1.54, 1.807) is 18.3 Å². The van der Waals surface area contributed by atoms with Crippen LogP contribution in [0.25, 0.3) is 0 Å². The number of nitro benzene ring substituents is 1. The van der Waals surface area contributed by atoms with Crippen LogP contribution >= 0.6 is 15.9 Å². The summed E-state index contributed by atoms with van der Waals surface area (Å²) >= 11 is 3.30. The van der Waals surface area contributed by atoms with E-state index in [0.717, 1.165) is 5.56 Å². The molecule has 0 aliphatic carbocycles. The molecule has 0 fully saturated rings. The van der Waals surface area contributed by atoms with Crippen molar-refractivity contribution < 1.29 is 9.66 Å². The van der Waals surface area contributed by atoms with Gasteiger partial charge in [0.15, 0.2) is 0 Å². The maximum atomic E-state index is 11.0. The lowest BCUT2D eigenvalue weighted by atomic mass is 10.2. The van der Waals surface area contributed by atoms with Crippen LogP contribution in [0.2, 0.25) is 0 Å². The van der Waals surface area contributed by atoms with Crippen LogP contribution in [0.4, 0.5) is 5.69 Å². The van der Waals surface area contributed by atoms with E-state index in [-0.39, 0.29) is 12.3 Å². The Balaban J connectivity index is 2.25. The van der Waals surface area contributed by atoms with Crippen LogP contribution in [0.3, 0.4) is 0 Å². The quantitative estimate of drug-likeness (QED) is 0.636. The van der Waals surface area contributed by atoms with E-state index in [4.69, 9.17) is 4.74 Å². The molecule has 0 amide bonds. The smallest absolute Gasteiger partial charge is 0.277 e. The fourth-order valence-corrected chi connectivity index (χ4v) is 2.09. The summed E-state index contributed by atoms with van der Waals surface area (Å²) in [5.41, 5.74) is 1.41. The van der Waals surface area contributed by atoms with Crippen LogP contribution in [0.15, 0.2) is 41.0 Å². The predicted octanol–water partition coefficient (Wildman–Crippen LogP) is 3.64. The third-order valence-electron chi connectivity index (χ3n) is 2.61. The van der Waals surface area contributed by atoms with Gasteiger partial charge in [-0.15, -0.1) is 0 Å². The second-order valence-electron chi connectivity index (χ2n) is 3.91. The highest BCUT2D eigenvalue weighted by molar-refractivity contribution is 9.10. The summed E-state index contributed by atoms with van der Waals surface area (Å²) in [6, 6.07) is 8.50. The number of benzene rings is 1. The van der Waals surface area contributed by atoms with E-state index < -0.39 is 4.92 Å². The summed E-state index contributed by atoms with van der Waals surface area (Å²) < 4.78 is 6.20. The molecular weight excluding hydrogens is 312 g/mol. The largest absolute Gasteiger partial charge is 0.472 e. The highest BCUT2D eigenvalue weighted by Gasteiger charge is 2.17. The summed E-state index contributed by atoms with van der Waals surface area (Å²) in [7, 11) is 0. The first-order valence-electron chi connectivity index (χ1n) is 5.56. The molecule has 0 atom stereocenters. The number of rotatable bonds is 4. The average molecular weight is 323 g/mol. The number of aromatic nitrogens is 1. The molecule has 0 radical (unpaired) electrons. The molecular formula is C13H11BrN2O3. The van der Waals surface area contributed by atoms with Crippen molar-refractivity contribution in [1.82, 2.24) is 4.98 Å². The van der Waals surface area contributed by atoms with Gasteiger partial charge in [-0.1, -0.05) is 28.1 Å². The second-order valence-corrected chi connectivity index (χ2v) is 4.76. The number of pyridine rings is 1. The van der Waals surface area contributed by atoms with Gasteiger partial charge in [-0.25, -0.2) is 4.98 Å². The fraction of sp³-hybridized carbons (Fsp3) is 0.154. The third kappa shape index (κ3) is 3.08. The highest BCUT2D eigenvalue weighted by atomic mass is 79.9.